The summed E-state index contributed by atoms with van der Waals surface area (Å²) in [5, 5.41) is 13.7. The van der Waals surface area contributed by atoms with E-state index in [1.54, 1.807) is 11.7 Å². The fraction of sp³-hybridized carbons (Fsp3) is 0.294. The molecule has 0 aliphatic carbocycles. The van der Waals surface area contributed by atoms with Crippen LogP contribution in [0, 0.1) is 6.92 Å². The molecule has 0 unspecified atom stereocenters. The van der Waals surface area contributed by atoms with E-state index in [0.717, 1.165) is 34.2 Å². The van der Waals surface area contributed by atoms with Crippen LogP contribution in [0.5, 0.6) is 0 Å². The number of anilines is 1. The van der Waals surface area contributed by atoms with E-state index in [0.29, 0.717) is 5.69 Å². The van der Waals surface area contributed by atoms with Gasteiger partial charge in [-0.2, -0.15) is 0 Å². The molecular weight excluding hydrogens is 336 g/mol. The van der Waals surface area contributed by atoms with Crippen molar-refractivity contribution in [2.24, 2.45) is 7.05 Å². The van der Waals surface area contributed by atoms with Crippen molar-refractivity contribution in [2.75, 3.05) is 19.4 Å². The van der Waals surface area contributed by atoms with E-state index in [-0.39, 0.29) is 5.91 Å². The molecule has 3 rings (SSSR count). The van der Waals surface area contributed by atoms with Crippen LogP contribution >= 0.6 is 11.3 Å². The average Bonchev–Trinajstić information content (AvgIpc) is 3.18. The Morgan fingerprint density at radius 2 is 2.16 bits per heavy atom. The SMILES string of the molecule is Cc1c(NC(=O)c2csc(CN(C)C)n2)cccc1-c1nncn1C. The van der Waals surface area contributed by atoms with Gasteiger partial charge in [-0.25, -0.2) is 4.98 Å². The molecule has 0 saturated carbocycles. The summed E-state index contributed by atoms with van der Waals surface area (Å²) in [6.07, 6.45) is 1.65. The van der Waals surface area contributed by atoms with Gasteiger partial charge in [0.05, 0.1) is 0 Å². The highest BCUT2D eigenvalue weighted by Crippen LogP contribution is 2.27. The maximum absolute atomic E-state index is 12.5. The smallest absolute Gasteiger partial charge is 0.275 e. The van der Waals surface area contributed by atoms with Crippen LogP contribution in [0.4, 0.5) is 5.69 Å². The molecule has 2 aromatic heterocycles. The summed E-state index contributed by atoms with van der Waals surface area (Å²) in [7, 11) is 5.84. The summed E-state index contributed by atoms with van der Waals surface area (Å²) >= 11 is 1.49. The van der Waals surface area contributed by atoms with Gasteiger partial charge in [-0.15, -0.1) is 21.5 Å². The number of thiazole rings is 1. The summed E-state index contributed by atoms with van der Waals surface area (Å²) in [6, 6.07) is 5.73. The lowest BCUT2D eigenvalue weighted by Gasteiger charge is -2.11. The standard InChI is InChI=1S/C17H20N6OS/c1-11-12(16-21-18-10-23(16)4)6-5-7-13(11)20-17(24)14-9-25-15(19-14)8-22(2)3/h5-7,9-10H,8H2,1-4H3,(H,20,24). The van der Waals surface area contributed by atoms with Crippen LogP contribution < -0.4 is 5.32 Å². The van der Waals surface area contributed by atoms with Crippen molar-refractivity contribution >= 4 is 22.9 Å². The van der Waals surface area contributed by atoms with E-state index < -0.39 is 0 Å². The first-order valence-electron chi connectivity index (χ1n) is 7.80. The maximum Gasteiger partial charge on any atom is 0.275 e. The minimum atomic E-state index is -0.209. The van der Waals surface area contributed by atoms with E-state index in [9.17, 15) is 4.79 Å². The molecule has 0 bridgehead atoms. The minimum Gasteiger partial charge on any atom is -0.320 e. The fourth-order valence-electron chi connectivity index (χ4n) is 2.49. The monoisotopic (exact) mass is 356 g/mol. The van der Waals surface area contributed by atoms with Gasteiger partial charge in [0, 0.05) is 30.2 Å². The first kappa shape index (κ1) is 17.2. The Morgan fingerprint density at radius 1 is 1.36 bits per heavy atom. The van der Waals surface area contributed by atoms with Crippen molar-refractivity contribution in [1.82, 2.24) is 24.6 Å². The topological polar surface area (TPSA) is 75.9 Å². The number of benzene rings is 1. The first-order chi connectivity index (χ1) is 12.0. The van der Waals surface area contributed by atoms with E-state index >= 15 is 0 Å². The Hall–Kier alpha value is -2.58. The molecule has 2 heterocycles. The maximum atomic E-state index is 12.5. The zero-order valence-electron chi connectivity index (χ0n) is 14.6. The summed E-state index contributed by atoms with van der Waals surface area (Å²) in [5.41, 5.74) is 3.05. The number of nitrogens with zero attached hydrogens (tertiary/aromatic N) is 5. The van der Waals surface area contributed by atoms with Gasteiger partial charge in [-0.05, 0) is 32.6 Å². The van der Waals surface area contributed by atoms with E-state index in [4.69, 9.17) is 0 Å². The second-order valence-corrected chi connectivity index (χ2v) is 7.00. The molecule has 0 atom stereocenters. The van der Waals surface area contributed by atoms with Crippen LogP contribution in [0.3, 0.4) is 0 Å². The van der Waals surface area contributed by atoms with Crippen LogP contribution in [-0.4, -0.2) is 44.7 Å². The Balaban J connectivity index is 1.82. The van der Waals surface area contributed by atoms with Crippen LogP contribution in [-0.2, 0) is 13.6 Å². The van der Waals surface area contributed by atoms with Crippen LogP contribution in [0.1, 0.15) is 21.1 Å². The van der Waals surface area contributed by atoms with Crippen molar-refractivity contribution in [3.63, 3.8) is 0 Å². The third-order valence-electron chi connectivity index (χ3n) is 3.77. The largest absolute Gasteiger partial charge is 0.320 e. The average molecular weight is 356 g/mol. The highest BCUT2D eigenvalue weighted by Gasteiger charge is 2.15. The van der Waals surface area contributed by atoms with Gasteiger partial charge in [-0.1, -0.05) is 12.1 Å². The number of carbonyl (C=O) groups excluding carboxylic acids is 1. The highest BCUT2D eigenvalue weighted by molar-refractivity contribution is 7.09. The Bertz CT molecular complexity index is 898. The molecule has 25 heavy (non-hydrogen) atoms. The fourth-order valence-corrected chi connectivity index (χ4v) is 3.38. The number of rotatable bonds is 5. The van der Waals surface area contributed by atoms with E-state index in [1.807, 2.05) is 55.7 Å². The molecule has 0 fully saturated rings. The van der Waals surface area contributed by atoms with Crippen LogP contribution in [0.15, 0.2) is 29.9 Å². The van der Waals surface area contributed by atoms with Gasteiger partial charge in [0.1, 0.15) is 17.0 Å². The quantitative estimate of drug-likeness (QED) is 0.760. The summed E-state index contributed by atoms with van der Waals surface area (Å²) in [4.78, 5) is 18.9. The lowest BCUT2D eigenvalue weighted by molar-refractivity contribution is 0.102. The summed E-state index contributed by atoms with van der Waals surface area (Å²) in [5.74, 6) is 0.551. The minimum absolute atomic E-state index is 0.209. The predicted octanol–water partition coefficient (Wildman–Crippen LogP) is 2.56. The number of amides is 1. The van der Waals surface area contributed by atoms with Crippen molar-refractivity contribution in [1.29, 1.82) is 0 Å². The van der Waals surface area contributed by atoms with Gasteiger partial charge in [0.2, 0.25) is 0 Å². The predicted molar refractivity (Wildman–Crippen MR) is 98.6 cm³/mol. The Kier molecular flexibility index (Phi) is 4.91. The number of aryl methyl sites for hydroxylation is 1. The molecule has 1 aromatic carbocycles. The Labute approximate surface area is 150 Å². The molecular formula is C17H20N6OS. The normalized spacial score (nSPS) is 11.1. The number of nitrogens with one attached hydrogen (secondary N) is 1. The van der Waals surface area contributed by atoms with Gasteiger partial charge >= 0.3 is 0 Å². The molecule has 0 aliphatic heterocycles. The van der Waals surface area contributed by atoms with Crippen LogP contribution in [0.25, 0.3) is 11.4 Å². The van der Waals surface area contributed by atoms with Gasteiger partial charge < -0.3 is 14.8 Å². The zero-order chi connectivity index (χ0) is 18.0. The van der Waals surface area contributed by atoms with Crippen molar-refractivity contribution in [3.8, 4) is 11.4 Å². The number of hydrogen-bond donors (Lipinski definition) is 1. The van der Waals surface area contributed by atoms with Crippen molar-refractivity contribution < 1.29 is 4.79 Å². The third kappa shape index (κ3) is 3.75. The molecule has 0 spiro atoms. The van der Waals surface area contributed by atoms with Gasteiger partial charge in [0.25, 0.3) is 5.91 Å². The van der Waals surface area contributed by atoms with E-state index in [1.165, 1.54) is 11.3 Å². The van der Waals surface area contributed by atoms with Gasteiger partial charge in [-0.3, -0.25) is 4.79 Å². The number of carbonyl (C=O) groups is 1. The molecule has 0 saturated heterocycles. The molecule has 0 aliphatic rings. The second kappa shape index (κ2) is 7.12. The molecule has 8 heteroatoms. The molecule has 130 valence electrons. The van der Waals surface area contributed by atoms with Crippen molar-refractivity contribution in [3.05, 3.63) is 46.2 Å². The number of hydrogen-bond acceptors (Lipinski definition) is 6. The zero-order valence-corrected chi connectivity index (χ0v) is 15.5. The van der Waals surface area contributed by atoms with Crippen molar-refractivity contribution in [2.45, 2.75) is 13.5 Å². The number of aromatic nitrogens is 4. The summed E-state index contributed by atoms with van der Waals surface area (Å²) in [6.45, 7) is 2.68. The summed E-state index contributed by atoms with van der Waals surface area (Å²) < 4.78 is 1.85. The van der Waals surface area contributed by atoms with E-state index in [2.05, 4.69) is 20.5 Å². The lowest BCUT2D eigenvalue weighted by Crippen LogP contribution is -2.15. The van der Waals surface area contributed by atoms with Gasteiger partial charge in [0.15, 0.2) is 5.82 Å². The molecule has 7 nitrogen and oxygen atoms in total. The molecule has 1 amide bonds. The van der Waals surface area contributed by atoms with Crippen LogP contribution in [0.2, 0.25) is 0 Å². The first-order valence-corrected chi connectivity index (χ1v) is 8.68. The lowest BCUT2D eigenvalue weighted by atomic mass is 10.1. The molecule has 0 radical (unpaired) electrons. The highest BCUT2D eigenvalue weighted by atomic mass is 32.1. The third-order valence-corrected chi connectivity index (χ3v) is 4.60. The molecule has 1 N–H and O–H groups in total. The second-order valence-electron chi connectivity index (χ2n) is 6.06. The Morgan fingerprint density at radius 3 is 2.84 bits per heavy atom. The molecule has 3 aromatic rings.